The van der Waals surface area contributed by atoms with E-state index in [2.05, 4.69) is 25.5 Å². The Morgan fingerprint density at radius 1 is 1.07 bits per heavy atom. The number of amides is 2. The number of halogens is 1. The van der Waals surface area contributed by atoms with E-state index in [9.17, 15) is 19.1 Å². The van der Waals surface area contributed by atoms with Crippen LogP contribution in [0.4, 0.5) is 4.39 Å². The minimum atomic E-state index is -0.641. The first kappa shape index (κ1) is 32.0. The summed E-state index contributed by atoms with van der Waals surface area (Å²) in [7, 11) is 0. The second-order valence-electron chi connectivity index (χ2n) is 11.9. The van der Waals surface area contributed by atoms with Crippen LogP contribution in [0, 0.1) is 5.82 Å². The van der Waals surface area contributed by atoms with Crippen molar-refractivity contribution in [3.05, 3.63) is 71.7 Å². The number of morpholine rings is 1. The second-order valence-corrected chi connectivity index (χ2v) is 13.1. The minimum absolute atomic E-state index is 0.00141. The van der Waals surface area contributed by atoms with E-state index >= 15 is 0 Å². The second kappa shape index (κ2) is 14.6. The number of carbonyl (C=O) groups is 2. The fourth-order valence-electron chi connectivity index (χ4n) is 6.07. The number of benzene rings is 2. The molecule has 0 bridgehead atoms. The Balaban J connectivity index is 1.11. The minimum Gasteiger partial charge on any atom is -0.508 e. The molecule has 46 heavy (non-hydrogen) atoms. The van der Waals surface area contributed by atoms with Crippen LogP contribution in [0.2, 0.25) is 0 Å². The average molecular weight is 648 g/mol. The maximum absolute atomic E-state index is 14.3. The van der Waals surface area contributed by atoms with E-state index < -0.39 is 11.7 Å². The number of pyridine rings is 1. The van der Waals surface area contributed by atoms with Gasteiger partial charge in [0.25, 0.3) is 5.91 Å². The van der Waals surface area contributed by atoms with Gasteiger partial charge in [-0.2, -0.15) is 0 Å². The van der Waals surface area contributed by atoms with Crippen molar-refractivity contribution >= 4 is 28.6 Å². The molecule has 2 amide bonds. The summed E-state index contributed by atoms with van der Waals surface area (Å²) in [6, 6.07) is 13.4. The van der Waals surface area contributed by atoms with E-state index in [0.717, 1.165) is 59.9 Å². The van der Waals surface area contributed by atoms with Crippen molar-refractivity contribution in [1.82, 2.24) is 20.5 Å². The van der Waals surface area contributed by atoms with Crippen LogP contribution in [-0.4, -0.2) is 82.0 Å². The molecular formula is C34H38FN5O5S. The molecule has 242 valence electrons. The first-order valence-electron chi connectivity index (χ1n) is 15.6. The smallest absolute Gasteiger partial charge is 0.257 e. The summed E-state index contributed by atoms with van der Waals surface area (Å²) in [6.45, 7) is 5.54. The zero-order chi connectivity index (χ0) is 32.0. The molecule has 2 aliphatic heterocycles. The average Bonchev–Trinajstić information content (AvgIpc) is 3.50. The Kier molecular flexibility index (Phi) is 10.2. The predicted molar refractivity (Wildman–Crippen MR) is 175 cm³/mol. The van der Waals surface area contributed by atoms with Crippen molar-refractivity contribution in [3.8, 4) is 28.5 Å². The van der Waals surface area contributed by atoms with Gasteiger partial charge in [0.2, 0.25) is 11.8 Å². The number of nitrogens with one attached hydrogen (secondary N) is 2. The third-order valence-electron chi connectivity index (χ3n) is 8.51. The number of aromatic hydroxyl groups is 1. The maximum atomic E-state index is 14.3. The monoisotopic (exact) mass is 647 g/mol. The fraction of sp³-hybridized carbons (Fsp3) is 0.412. The number of phenolic OH excluding ortho intramolecular Hbond substituents is 1. The first-order chi connectivity index (χ1) is 22.3. The van der Waals surface area contributed by atoms with Crippen molar-refractivity contribution in [2.75, 3.05) is 32.1 Å². The van der Waals surface area contributed by atoms with E-state index in [4.69, 9.17) is 9.47 Å². The van der Waals surface area contributed by atoms with Gasteiger partial charge in [0.05, 0.1) is 24.5 Å². The van der Waals surface area contributed by atoms with E-state index in [1.54, 1.807) is 30.0 Å². The number of rotatable bonds is 9. The quantitative estimate of drug-likeness (QED) is 0.299. The Labute approximate surface area is 271 Å². The number of aliphatic imine (C=N–C) groups is 1. The van der Waals surface area contributed by atoms with Gasteiger partial charge in [-0.3, -0.25) is 19.5 Å². The lowest BCUT2D eigenvalue weighted by Gasteiger charge is -2.30. The van der Waals surface area contributed by atoms with Gasteiger partial charge in [0.1, 0.15) is 28.9 Å². The van der Waals surface area contributed by atoms with Gasteiger partial charge in [-0.05, 0) is 79.6 Å². The van der Waals surface area contributed by atoms with Gasteiger partial charge in [-0.25, -0.2) is 9.37 Å². The van der Waals surface area contributed by atoms with Crippen LogP contribution in [0.25, 0.3) is 11.1 Å². The number of aromatic nitrogens is 1. The van der Waals surface area contributed by atoms with Crippen molar-refractivity contribution in [2.24, 2.45) is 4.99 Å². The third kappa shape index (κ3) is 8.04. The lowest BCUT2D eigenvalue weighted by Crippen LogP contribution is -2.46. The largest absolute Gasteiger partial charge is 0.508 e. The Hall–Kier alpha value is -4.00. The van der Waals surface area contributed by atoms with Crippen LogP contribution in [0.3, 0.4) is 0 Å². The summed E-state index contributed by atoms with van der Waals surface area (Å²) >= 11 is 1.60. The summed E-state index contributed by atoms with van der Waals surface area (Å²) in [4.78, 5) is 36.7. The van der Waals surface area contributed by atoms with Gasteiger partial charge >= 0.3 is 0 Å². The molecule has 3 heterocycles. The molecule has 1 aromatic heterocycles. The number of thioether (sulfide) groups is 1. The highest BCUT2D eigenvalue weighted by atomic mass is 32.2. The van der Waals surface area contributed by atoms with E-state index in [-0.39, 0.29) is 41.2 Å². The topological polar surface area (TPSA) is 125 Å². The number of nitrogens with zero attached hydrogens (tertiary/aromatic N) is 3. The van der Waals surface area contributed by atoms with Crippen LogP contribution < -0.4 is 15.4 Å². The Morgan fingerprint density at radius 3 is 2.57 bits per heavy atom. The van der Waals surface area contributed by atoms with E-state index in [1.807, 2.05) is 31.2 Å². The van der Waals surface area contributed by atoms with Crippen molar-refractivity contribution < 1.29 is 28.6 Å². The number of hydrogen-bond acceptors (Lipinski definition) is 9. The summed E-state index contributed by atoms with van der Waals surface area (Å²) in [6.07, 6.45) is 3.83. The molecular weight excluding hydrogens is 609 g/mol. The fourth-order valence-corrected chi connectivity index (χ4v) is 6.90. The summed E-state index contributed by atoms with van der Waals surface area (Å²) < 4.78 is 25.9. The van der Waals surface area contributed by atoms with E-state index in [1.165, 1.54) is 0 Å². The van der Waals surface area contributed by atoms with Gasteiger partial charge in [-0.1, -0.05) is 18.2 Å². The Bertz CT molecular complexity index is 1610. The van der Waals surface area contributed by atoms with Crippen LogP contribution >= 0.6 is 11.8 Å². The van der Waals surface area contributed by atoms with Crippen LogP contribution in [-0.2, 0) is 16.1 Å². The molecule has 1 atom stereocenters. The van der Waals surface area contributed by atoms with E-state index in [0.29, 0.717) is 44.1 Å². The zero-order valence-electron chi connectivity index (χ0n) is 25.7. The molecule has 1 aliphatic carbocycles. The molecule has 3 aromatic rings. The summed E-state index contributed by atoms with van der Waals surface area (Å²) in [5.41, 5.74) is 2.78. The molecule has 3 aliphatic rings. The summed E-state index contributed by atoms with van der Waals surface area (Å²) in [5, 5.41) is 17.3. The molecule has 2 aromatic carbocycles. The molecule has 10 nitrogen and oxygen atoms in total. The van der Waals surface area contributed by atoms with Crippen LogP contribution in [0.5, 0.6) is 17.4 Å². The molecule has 1 unspecified atom stereocenters. The Morgan fingerprint density at radius 2 is 1.83 bits per heavy atom. The van der Waals surface area contributed by atoms with Crippen molar-refractivity contribution in [3.63, 3.8) is 0 Å². The lowest BCUT2D eigenvalue weighted by atomic mass is 9.90. The van der Waals surface area contributed by atoms with Crippen molar-refractivity contribution in [1.29, 1.82) is 0 Å². The molecule has 0 spiro atoms. The van der Waals surface area contributed by atoms with Gasteiger partial charge < -0.3 is 25.2 Å². The highest BCUT2D eigenvalue weighted by Gasteiger charge is 2.29. The first-order valence-corrected chi connectivity index (χ1v) is 16.6. The molecule has 1 saturated carbocycles. The number of ether oxygens (including phenoxy) is 2. The SMILES string of the molecule is CC1=NC(C(=O)NC2CCC(NC(=O)c3cc(F)cnc3Oc3cccc(-c4ccc(O)cc4CN4CCOCC4)c3)CC2)CS1. The maximum Gasteiger partial charge on any atom is 0.257 e. The van der Waals surface area contributed by atoms with Gasteiger partial charge in [0.15, 0.2) is 0 Å². The zero-order valence-corrected chi connectivity index (χ0v) is 26.5. The molecule has 1 saturated heterocycles. The standard InChI is InChI=1S/C34H38FN5O5S/c1-21-37-31(20-46-21)33(43)39-26-7-5-25(6-8-26)38-32(42)30-17-24(35)18-36-34(30)45-28-4-2-3-22(16-28)29-10-9-27(41)15-23(29)19-40-11-13-44-14-12-40/h2-4,9-10,15-18,25-26,31,41H,5-8,11-14,19-20H2,1H3,(H,38,42)(H,39,43). The molecule has 3 N–H and O–H groups in total. The van der Waals surface area contributed by atoms with Crippen LogP contribution in [0.15, 0.2) is 59.7 Å². The summed E-state index contributed by atoms with van der Waals surface area (Å²) in [5.74, 6) is 0.145. The van der Waals surface area contributed by atoms with Crippen LogP contribution in [0.1, 0.15) is 48.5 Å². The van der Waals surface area contributed by atoms with Crippen molar-refractivity contribution in [2.45, 2.75) is 57.3 Å². The lowest BCUT2D eigenvalue weighted by molar-refractivity contribution is -0.122. The van der Waals surface area contributed by atoms with Gasteiger partial charge in [0, 0.05) is 37.5 Å². The molecule has 12 heteroatoms. The number of phenols is 1. The molecule has 2 fully saturated rings. The highest BCUT2D eigenvalue weighted by molar-refractivity contribution is 8.14. The highest BCUT2D eigenvalue weighted by Crippen LogP contribution is 2.33. The molecule has 0 radical (unpaired) electrons. The molecule has 6 rings (SSSR count). The normalized spacial score (nSPS) is 21.8. The number of hydrogen-bond donors (Lipinski definition) is 3. The number of carbonyl (C=O) groups excluding carboxylic acids is 2. The van der Waals surface area contributed by atoms with Gasteiger partial charge in [-0.15, -0.1) is 11.8 Å². The third-order valence-corrected chi connectivity index (χ3v) is 9.51. The predicted octanol–water partition coefficient (Wildman–Crippen LogP) is 4.91.